The number of amides is 1. The summed E-state index contributed by atoms with van der Waals surface area (Å²) in [5.41, 5.74) is 2.79. The number of nitrogens with zero attached hydrogens (tertiary/aromatic N) is 4. The Kier molecular flexibility index (Phi) is 4.79. The number of pyridine rings is 1. The second-order valence-electron chi connectivity index (χ2n) is 6.29. The molecule has 0 radical (unpaired) electrons. The highest BCUT2D eigenvalue weighted by molar-refractivity contribution is 7.22. The molecule has 28 heavy (non-hydrogen) atoms. The SMILES string of the molecule is COc1ccc(C)c2sc(N(Cc3ccccn3)C(=O)c3cc(C)on3)nc12. The number of anilines is 1. The highest BCUT2D eigenvalue weighted by Gasteiger charge is 2.25. The van der Waals surface area contributed by atoms with Gasteiger partial charge in [-0.15, -0.1) is 0 Å². The molecule has 3 heterocycles. The number of fused-ring (bicyclic) bond motifs is 1. The molecule has 0 atom stereocenters. The number of aryl methyl sites for hydroxylation is 2. The van der Waals surface area contributed by atoms with Crippen molar-refractivity contribution in [3.8, 4) is 5.75 Å². The Balaban J connectivity index is 1.82. The molecule has 0 saturated heterocycles. The lowest BCUT2D eigenvalue weighted by atomic mass is 10.2. The van der Waals surface area contributed by atoms with Gasteiger partial charge in [0.15, 0.2) is 10.8 Å². The topological polar surface area (TPSA) is 81.4 Å². The summed E-state index contributed by atoms with van der Waals surface area (Å²) >= 11 is 1.44. The van der Waals surface area contributed by atoms with Gasteiger partial charge in [-0.1, -0.05) is 28.6 Å². The molecule has 4 rings (SSSR count). The van der Waals surface area contributed by atoms with Gasteiger partial charge < -0.3 is 9.26 Å². The van der Waals surface area contributed by atoms with E-state index in [1.807, 2.05) is 37.3 Å². The standard InChI is InChI=1S/C20H18N4O3S/c1-12-7-8-16(26-3)17-18(12)28-20(22-17)24(11-14-6-4-5-9-21-14)19(25)15-10-13(2)27-23-15/h4-10H,11H2,1-3H3. The molecule has 0 N–H and O–H groups in total. The molecule has 0 aliphatic rings. The molecule has 1 amide bonds. The molecule has 4 aromatic rings. The van der Waals surface area contributed by atoms with E-state index in [0.29, 0.717) is 16.6 Å². The molecular weight excluding hydrogens is 376 g/mol. The lowest BCUT2D eigenvalue weighted by Crippen LogP contribution is -2.31. The zero-order valence-corrected chi connectivity index (χ0v) is 16.5. The first-order valence-corrected chi connectivity index (χ1v) is 9.47. The van der Waals surface area contributed by atoms with Crippen LogP contribution in [0.3, 0.4) is 0 Å². The van der Waals surface area contributed by atoms with Crippen LogP contribution in [0.25, 0.3) is 10.2 Å². The van der Waals surface area contributed by atoms with Crippen LogP contribution in [0.5, 0.6) is 5.75 Å². The van der Waals surface area contributed by atoms with Gasteiger partial charge in [0.1, 0.15) is 17.0 Å². The molecule has 0 fully saturated rings. The van der Waals surface area contributed by atoms with Gasteiger partial charge in [0.25, 0.3) is 5.91 Å². The minimum Gasteiger partial charge on any atom is -0.494 e. The molecule has 8 heteroatoms. The van der Waals surface area contributed by atoms with Crippen LogP contribution in [0.2, 0.25) is 0 Å². The van der Waals surface area contributed by atoms with Crippen molar-refractivity contribution in [2.45, 2.75) is 20.4 Å². The summed E-state index contributed by atoms with van der Waals surface area (Å²) in [6.45, 7) is 4.03. The Morgan fingerprint density at radius 1 is 1.25 bits per heavy atom. The lowest BCUT2D eigenvalue weighted by molar-refractivity contribution is 0.0976. The Labute approximate surface area is 165 Å². The number of rotatable bonds is 5. The normalized spacial score (nSPS) is 11.0. The van der Waals surface area contributed by atoms with E-state index < -0.39 is 0 Å². The first-order chi connectivity index (χ1) is 13.6. The quantitative estimate of drug-likeness (QED) is 0.506. The molecule has 0 aliphatic heterocycles. The summed E-state index contributed by atoms with van der Waals surface area (Å²) in [5.74, 6) is 0.951. The van der Waals surface area contributed by atoms with Crippen LogP contribution in [0.1, 0.15) is 27.5 Å². The molecule has 0 bridgehead atoms. The van der Waals surface area contributed by atoms with Crippen molar-refractivity contribution in [1.82, 2.24) is 15.1 Å². The number of ether oxygens (including phenoxy) is 1. The summed E-state index contributed by atoms with van der Waals surface area (Å²) in [4.78, 5) is 23.8. The smallest absolute Gasteiger partial charge is 0.282 e. The van der Waals surface area contributed by atoms with Crippen molar-refractivity contribution < 1.29 is 14.1 Å². The van der Waals surface area contributed by atoms with Gasteiger partial charge in [-0.25, -0.2) is 4.98 Å². The maximum atomic E-state index is 13.2. The van der Waals surface area contributed by atoms with Crippen LogP contribution < -0.4 is 9.64 Å². The van der Waals surface area contributed by atoms with E-state index >= 15 is 0 Å². The van der Waals surface area contributed by atoms with E-state index in [4.69, 9.17) is 14.2 Å². The third kappa shape index (κ3) is 3.34. The van der Waals surface area contributed by atoms with E-state index in [-0.39, 0.29) is 18.1 Å². The number of benzene rings is 1. The number of hydrogen-bond acceptors (Lipinski definition) is 7. The molecule has 0 spiro atoms. The van der Waals surface area contributed by atoms with Crippen molar-refractivity contribution >= 4 is 32.6 Å². The molecule has 7 nitrogen and oxygen atoms in total. The molecule has 1 aromatic carbocycles. The van der Waals surface area contributed by atoms with Gasteiger partial charge in [0.2, 0.25) is 0 Å². The Morgan fingerprint density at radius 3 is 2.79 bits per heavy atom. The second kappa shape index (κ2) is 7.40. The second-order valence-corrected chi connectivity index (χ2v) is 7.27. The summed E-state index contributed by atoms with van der Waals surface area (Å²) in [7, 11) is 1.61. The molecule has 0 unspecified atom stereocenters. The van der Waals surface area contributed by atoms with Crippen LogP contribution in [0.15, 0.2) is 47.1 Å². The highest BCUT2D eigenvalue weighted by Crippen LogP contribution is 2.37. The maximum absolute atomic E-state index is 13.2. The molecule has 3 aromatic heterocycles. The van der Waals surface area contributed by atoms with Crippen LogP contribution in [-0.4, -0.2) is 28.1 Å². The van der Waals surface area contributed by atoms with Crippen LogP contribution >= 0.6 is 11.3 Å². The number of carbonyl (C=O) groups excluding carboxylic acids is 1. The van der Waals surface area contributed by atoms with Crippen molar-refractivity contribution in [2.24, 2.45) is 0 Å². The van der Waals surface area contributed by atoms with Gasteiger partial charge >= 0.3 is 0 Å². The van der Waals surface area contributed by atoms with Crippen molar-refractivity contribution in [1.29, 1.82) is 0 Å². The molecule has 0 saturated carbocycles. The van der Waals surface area contributed by atoms with E-state index in [1.54, 1.807) is 31.2 Å². The fourth-order valence-corrected chi connectivity index (χ4v) is 3.91. The average molecular weight is 394 g/mol. The van der Waals surface area contributed by atoms with Crippen LogP contribution in [0, 0.1) is 13.8 Å². The predicted octanol–water partition coefficient (Wildman–Crippen LogP) is 4.15. The minimum absolute atomic E-state index is 0.233. The lowest BCUT2D eigenvalue weighted by Gasteiger charge is -2.18. The molecule has 0 aliphatic carbocycles. The summed E-state index contributed by atoms with van der Waals surface area (Å²) in [5, 5.41) is 4.43. The fraction of sp³-hybridized carbons (Fsp3) is 0.200. The largest absolute Gasteiger partial charge is 0.494 e. The Hall–Kier alpha value is -3.26. The maximum Gasteiger partial charge on any atom is 0.282 e. The van der Waals surface area contributed by atoms with Crippen molar-refractivity contribution in [3.63, 3.8) is 0 Å². The third-order valence-corrected chi connectivity index (χ3v) is 5.50. The summed E-state index contributed by atoms with van der Waals surface area (Å²) in [6, 6.07) is 11.1. The van der Waals surface area contributed by atoms with E-state index in [0.717, 1.165) is 21.5 Å². The van der Waals surface area contributed by atoms with Crippen molar-refractivity contribution in [3.05, 3.63) is 65.3 Å². The van der Waals surface area contributed by atoms with E-state index in [2.05, 4.69) is 10.1 Å². The fourth-order valence-electron chi connectivity index (χ4n) is 2.86. The number of aromatic nitrogens is 3. The zero-order chi connectivity index (χ0) is 19.7. The van der Waals surface area contributed by atoms with Crippen LogP contribution in [0.4, 0.5) is 5.13 Å². The first kappa shape index (κ1) is 18.1. The third-order valence-electron chi connectivity index (χ3n) is 4.28. The van der Waals surface area contributed by atoms with Crippen LogP contribution in [-0.2, 0) is 6.54 Å². The van der Waals surface area contributed by atoms with Crippen molar-refractivity contribution in [2.75, 3.05) is 12.0 Å². The van der Waals surface area contributed by atoms with E-state index in [9.17, 15) is 4.79 Å². The van der Waals surface area contributed by atoms with Gasteiger partial charge in [-0.05, 0) is 37.6 Å². The Bertz CT molecular complexity index is 1140. The minimum atomic E-state index is -0.293. The number of hydrogen-bond donors (Lipinski definition) is 0. The number of thiazole rings is 1. The average Bonchev–Trinajstić information content (AvgIpc) is 3.34. The number of methoxy groups -OCH3 is 1. The van der Waals surface area contributed by atoms with Gasteiger partial charge in [-0.3, -0.25) is 14.7 Å². The molecule has 142 valence electrons. The molecular formula is C20H18N4O3S. The summed E-state index contributed by atoms with van der Waals surface area (Å²) < 4.78 is 11.5. The van der Waals surface area contributed by atoms with E-state index in [1.165, 1.54) is 11.3 Å². The van der Waals surface area contributed by atoms with Gasteiger partial charge in [-0.2, -0.15) is 0 Å². The van der Waals surface area contributed by atoms with Gasteiger partial charge in [0, 0.05) is 12.3 Å². The number of carbonyl (C=O) groups is 1. The Morgan fingerprint density at radius 2 is 2.11 bits per heavy atom. The predicted molar refractivity (Wildman–Crippen MR) is 107 cm³/mol. The highest BCUT2D eigenvalue weighted by atomic mass is 32.1. The first-order valence-electron chi connectivity index (χ1n) is 8.66. The monoisotopic (exact) mass is 394 g/mol. The zero-order valence-electron chi connectivity index (χ0n) is 15.7. The summed E-state index contributed by atoms with van der Waals surface area (Å²) in [6.07, 6.45) is 1.70. The van der Waals surface area contributed by atoms with Gasteiger partial charge in [0.05, 0.1) is 24.0 Å².